The molecule has 0 aliphatic carbocycles. The smallest absolute Gasteiger partial charge is 0.163 e. The molecule has 0 saturated heterocycles. The van der Waals surface area contributed by atoms with Crippen LogP contribution in [0, 0.1) is 5.82 Å². The van der Waals surface area contributed by atoms with Crippen LogP contribution in [-0.4, -0.2) is 13.7 Å². The number of ether oxygens (including phenoxy) is 2. The normalized spacial score (nSPS) is 10.3. The van der Waals surface area contributed by atoms with Gasteiger partial charge in [-0.2, -0.15) is 0 Å². The molecule has 2 aromatic carbocycles. The number of benzene rings is 2. The van der Waals surface area contributed by atoms with Gasteiger partial charge in [0.2, 0.25) is 0 Å². The van der Waals surface area contributed by atoms with Crippen LogP contribution < -0.4 is 14.8 Å². The highest BCUT2D eigenvalue weighted by Gasteiger charge is 2.06. The molecule has 0 unspecified atom stereocenters. The van der Waals surface area contributed by atoms with Crippen LogP contribution in [0.15, 0.2) is 36.4 Å². The summed E-state index contributed by atoms with van der Waals surface area (Å²) < 4.78 is 23.7. The van der Waals surface area contributed by atoms with Gasteiger partial charge < -0.3 is 14.8 Å². The molecule has 0 bridgehead atoms. The number of rotatable bonds is 6. The second-order valence-electron chi connectivity index (χ2n) is 4.39. The minimum atomic E-state index is -0.341. The SMILES string of the molecule is CCOc1cc(NCc2ccc(F)cc2Cl)ccc1OC. The van der Waals surface area contributed by atoms with Gasteiger partial charge in [0.25, 0.3) is 0 Å². The number of hydrogen-bond acceptors (Lipinski definition) is 3. The Bertz CT molecular complexity index is 619. The Balaban J connectivity index is 2.10. The number of methoxy groups -OCH3 is 1. The molecule has 0 saturated carbocycles. The molecule has 0 aliphatic rings. The Morgan fingerprint density at radius 1 is 1.14 bits per heavy atom. The first-order valence-corrected chi connectivity index (χ1v) is 7.00. The first-order valence-electron chi connectivity index (χ1n) is 6.62. The van der Waals surface area contributed by atoms with E-state index in [0.29, 0.717) is 29.7 Å². The van der Waals surface area contributed by atoms with E-state index in [-0.39, 0.29) is 5.82 Å². The maximum Gasteiger partial charge on any atom is 0.163 e. The average Bonchev–Trinajstić information content (AvgIpc) is 2.47. The molecule has 0 amide bonds. The minimum absolute atomic E-state index is 0.341. The van der Waals surface area contributed by atoms with Crippen LogP contribution in [0.2, 0.25) is 5.02 Å². The summed E-state index contributed by atoms with van der Waals surface area (Å²) in [4.78, 5) is 0. The Kier molecular flexibility index (Phi) is 5.28. The first-order chi connectivity index (χ1) is 10.1. The third-order valence-corrected chi connectivity index (χ3v) is 3.31. The van der Waals surface area contributed by atoms with E-state index < -0.39 is 0 Å². The quantitative estimate of drug-likeness (QED) is 0.852. The van der Waals surface area contributed by atoms with E-state index in [0.717, 1.165) is 11.3 Å². The Hall–Kier alpha value is -1.94. The fourth-order valence-corrected chi connectivity index (χ4v) is 2.15. The highest BCUT2D eigenvalue weighted by atomic mass is 35.5. The van der Waals surface area contributed by atoms with E-state index in [1.807, 2.05) is 25.1 Å². The summed E-state index contributed by atoms with van der Waals surface area (Å²) in [6, 6.07) is 9.94. The number of anilines is 1. The van der Waals surface area contributed by atoms with E-state index in [1.54, 1.807) is 13.2 Å². The van der Waals surface area contributed by atoms with Crippen molar-refractivity contribution in [2.45, 2.75) is 13.5 Å². The van der Waals surface area contributed by atoms with Crippen molar-refractivity contribution in [2.75, 3.05) is 19.0 Å². The van der Waals surface area contributed by atoms with E-state index in [1.165, 1.54) is 12.1 Å². The summed E-state index contributed by atoms with van der Waals surface area (Å²) in [5.41, 5.74) is 1.70. The van der Waals surface area contributed by atoms with Crippen LogP contribution in [0.4, 0.5) is 10.1 Å². The largest absolute Gasteiger partial charge is 0.493 e. The molecule has 0 radical (unpaired) electrons. The molecule has 5 heteroatoms. The van der Waals surface area contributed by atoms with Gasteiger partial charge in [0, 0.05) is 23.3 Å². The molecule has 0 aliphatic heterocycles. The van der Waals surface area contributed by atoms with E-state index in [4.69, 9.17) is 21.1 Å². The summed E-state index contributed by atoms with van der Waals surface area (Å²) in [6.07, 6.45) is 0. The van der Waals surface area contributed by atoms with Gasteiger partial charge in [0.15, 0.2) is 11.5 Å². The molecule has 21 heavy (non-hydrogen) atoms. The van der Waals surface area contributed by atoms with Gasteiger partial charge in [-0.3, -0.25) is 0 Å². The van der Waals surface area contributed by atoms with Crippen LogP contribution in [0.25, 0.3) is 0 Å². The summed E-state index contributed by atoms with van der Waals surface area (Å²) in [5, 5.41) is 3.63. The lowest BCUT2D eigenvalue weighted by Crippen LogP contribution is -2.02. The lowest BCUT2D eigenvalue weighted by atomic mass is 10.2. The molecule has 0 fully saturated rings. The molecular formula is C16H17ClFNO2. The molecular weight excluding hydrogens is 293 g/mol. The van der Waals surface area contributed by atoms with Crippen LogP contribution >= 0.6 is 11.6 Å². The average molecular weight is 310 g/mol. The molecule has 0 heterocycles. The van der Waals surface area contributed by atoms with Gasteiger partial charge in [-0.25, -0.2) is 4.39 Å². The fourth-order valence-electron chi connectivity index (χ4n) is 1.92. The van der Waals surface area contributed by atoms with Crippen LogP contribution in [0.1, 0.15) is 12.5 Å². The number of halogens is 2. The highest BCUT2D eigenvalue weighted by molar-refractivity contribution is 6.31. The van der Waals surface area contributed by atoms with Crippen molar-refractivity contribution in [3.8, 4) is 11.5 Å². The van der Waals surface area contributed by atoms with Crippen molar-refractivity contribution in [3.63, 3.8) is 0 Å². The molecule has 0 spiro atoms. The predicted molar refractivity (Wildman–Crippen MR) is 82.9 cm³/mol. The van der Waals surface area contributed by atoms with Crippen LogP contribution in [0.5, 0.6) is 11.5 Å². The number of nitrogens with one attached hydrogen (secondary N) is 1. The van der Waals surface area contributed by atoms with E-state index in [9.17, 15) is 4.39 Å². The Morgan fingerprint density at radius 3 is 2.62 bits per heavy atom. The summed E-state index contributed by atoms with van der Waals surface area (Å²) in [5.74, 6) is 1.02. The fraction of sp³-hybridized carbons (Fsp3) is 0.250. The van der Waals surface area contributed by atoms with Crippen molar-refractivity contribution in [1.29, 1.82) is 0 Å². The second kappa shape index (κ2) is 7.18. The van der Waals surface area contributed by atoms with E-state index in [2.05, 4.69) is 5.32 Å². The lowest BCUT2D eigenvalue weighted by Gasteiger charge is -2.13. The van der Waals surface area contributed by atoms with Crippen molar-refractivity contribution < 1.29 is 13.9 Å². The van der Waals surface area contributed by atoms with Crippen LogP contribution in [0.3, 0.4) is 0 Å². The summed E-state index contributed by atoms with van der Waals surface area (Å²) >= 11 is 6.00. The molecule has 1 N–H and O–H groups in total. The van der Waals surface area contributed by atoms with Crippen molar-refractivity contribution >= 4 is 17.3 Å². The van der Waals surface area contributed by atoms with Crippen LogP contribution in [-0.2, 0) is 6.54 Å². The maximum atomic E-state index is 13.0. The zero-order valence-electron chi connectivity index (χ0n) is 12.0. The van der Waals surface area contributed by atoms with Gasteiger partial charge >= 0.3 is 0 Å². The van der Waals surface area contributed by atoms with E-state index >= 15 is 0 Å². The van der Waals surface area contributed by atoms with Crippen molar-refractivity contribution in [1.82, 2.24) is 0 Å². The predicted octanol–water partition coefficient (Wildman–Crippen LogP) is 4.50. The van der Waals surface area contributed by atoms with Gasteiger partial charge in [-0.15, -0.1) is 0 Å². The summed E-state index contributed by atoms with van der Waals surface area (Å²) in [6.45, 7) is 2.97. The molecule has 0 aromatic heterocycles. The van der Waals surface area contributed by atoms with Gasteiger partial charge in [-0.1, -0.05) is 17.7 Å². The second-order valence-corrected chi connectivity index (χ2v) is 4.80. The third-order valence-electron chi connectivity index (χ3n) is 2.96. The molecule has 112 valence electrons. The molecule has 2 aromatic rings. The zero-order valence-corrected chi connectivity index (χ0v) is 12.7. The third kappa shape index (κ3) is 4.02. The van der Waals surface area contributed by atoms with Gasteiger partial charge in [0.05, 0.1) is 13.7 Å². The minimum Gasteiger partial charge on any atom is -0.493 e. The Morgan fingerprint density at radius 2 is 1.95 bits per heavy atom. The van der Waals surface area contributed by atoms with Gasteiger partial charge in [-0.05, 0) is 36.8 Å². The van der Waals surface area contributed by atoms with Gasteiger partial charge in [0.1, 0.15) is 5.82 Å². The molecule has 2 rings (SSSR count). The van der Waals surface area contributed by atoms with Crippen molar-refractivity contribution in [2.24, 2.45) is 0 Å². The first kappa shape index (κ1) is 15.4. The maximum absolute atomic E-state index is 13.0. The highest BCUT2D eigenvalue weighted by Crippen LogP contribution is 2.30. The Labute approximate surface area is 128 Å². The molecule has 0 atom stereocenters. The standard InChI is InChI=1S/C16H17ClFNO2/c1-3-21-16-9-13(6-7-15(16)20-2)19-10-11-4-5-12(18)8-14(11)17/h4-9,19H,3,10H2,1-2H3. The summed E-state index contributed by atoms with van der Waals surface area (Å²) in [7, 11) is 1.60. The molecule has 3 nitrogen and oxygen atoms in total. The van der Waals surface area contributed by atoms with Crippen molar-refractivity contribution in [3.05, 3.63) is 52.8 Å². The topological polar surface area (TPSA) is 30.5 Å². The lowest BCUT2D eigenvalue weighted by molar-refractivity contribution is 0.311. The zero-order chi connectivity index (χ0) is 15.2. The number of hydrogen-bond donors (Lipinski definition) is 1. The monoisotopic (exact) mass is 309 g/mol.